The first-order valence-corrected chi connectivity index (χ1v) is 6.62. The highest BCUT2D eigenvalue weighted by Gasteiger charge is 2.09. The van der Waals surface area contributed by atoms with Gasteiger partial charge in [-0.25, -0.2) is 4.98 Å². The van der Waals surface area contributed by atoms with Gasteiger partial charge in [-0.05, 0) is 34.1 Å². The fourth-order valence-corrected chi connectivity index (χ4v) is 2.26. The van der Waals surface area contributed by atoms with E-state index >= 15 is 0 Å². The summed E-state index contributed by atoms with van der Waals surface area (Å²) in [6, 6.07) is 6.99. The van der Waals surface area contributed by atoms with Crippen molar-refractivity contribution in [2.45, 2.75) is 6.54 Å². The minimum Gasteiger partial charge on any atom is -0.437 e. The van der Waals surface area contributed by atoms with Gasteiger partial charge in [-0.15, -0.1) is 0 Å². The van der Waals surface area contributed by atoms with Crippen LogP contribution in [0.25, 0.3) is 0 Å². The van der Waals surface area contributed by atoms with Crippen LogP contribution in [0.3, 0.4) is 0 Å². The van der Waals surface area contributed by atoms with Crippen LogP contribution in [0.2, 0.25) is 10.0 Å². The molecular formula is C12H9BrCl2N2O. The van der Waals surface area contributed by atoms with E-state index in [9.17, 15) is 0 Å². The topological polar surface area (TPSA) is 48.1 Å². The molecule has 18 heavy (non-hydrogen) atoms. The summed E-state index contributed by atoms with van der Waals surface area (Å²) >= 11 is 15.1. The molecule has 0 saturated heterocycles. The van der Waals surface area contributed by atoms with Gasteiger partial charge in [0.1, 0.15) is 5.75 Å². The molecule has 1 aromatic carbocycles. The predicted molar refractivity (Wildman–Crippen MR) is 76.4 cm³/mol. The van der Waals surface area contributed by atoms with Gasteiger partial charge in [0.2, 0.25) is 5.88 Å². The molecule has 6 heteroatoms. The minimum absolute atomic E-state index is 0.359. The largest absolute Gasteiger partial charge is 0.437 e. The molecular weight excluding hydrogens is 339 g/mol. The number of rotatable bonds is 3. The average molecular weight is 348 g/mol. The summed E-state index contributed by atoms with van der Waals surface area (Å²) in [6.07, 6.45) is 1.51. The van der Waals surface area contributed by atoms with Crippen LogP contribution >= 0.6 is 39.1 Å². The summed E-state index contributed by atoms with van der Waals surface area (Å²) in [5.74, 6) is 0.997. The van der Waals surface area contributed by atoms with E-state index in [0.717, 1.165) is 5.56 Å². The minimum atomic E-state index is 0.359. The molecule has 0 fully saturated rings. The van der Waals surface area contributed by atoms with E-state index in [4.69, 9.17) is 33.7 Å². The summed E-state index contributed by atoms with van der Waals surface area (Å²) in [7, 11) is 0. The molecule has 0 radical (unpaired) electrons. The van der Waals surface area contributed by atoms with Gasteiger partial charge in [0, 0.05) is 23.3 Å². The van der Waals surface area contributed by atoms with E-state index in [1.165, 1.54) is 6.20 Å². The number of hydrogen-bond donors (Lipinski definition) is 1. The fraction of sp³-hybridized carbons (Fsp3) is 0.0833. The average Bonchev–Trinajstić information content (AvgIpc) is 2.33. The molecule has 0 aliphatic rings. The second-order valence-electron chi connectivity index (χ2n) is 3.50. The van der Waals surface area contributed by atoms with Crippen molar-refractivity contribution >= 4 is 39.1 Å². The molecule has 0 aliphatic heterocycles. The van der Waals surface area contributed by atoms with E-state index in [2.05, 4.69) is 20.9 Å². The van der Waals surface area contributed by atoms with Gasteiger partial charge in [0.15, 0.2) is 0 Å². The smallest absolute Gasteiger partial charge is 0.233 e. The third-order valence-corrected chi connectivity index (χ3v) is 3.24. The van der Waals surface area contributed by atoms with Crippen LogP contribution < -0.4 is 10.5 Å². The number of hydrogen-bond acceptors (Lipinski definition) is 3. The van der Waals surface area contributed by atoms with Crippen molar-refractivity contribution in [3.05, 3.63) is 50.5 Å². The Morgan fingerprint density at radius 1 is 1.22 bits per heavy atom. The maximum Gasteiger partial charge on any atom is 0.233 e. The highest BCUT2D eigenvalue weighted by molar-refractivity contribution is 9.10. The monoisotopic (exact) mass is 346 g/mol. The van der Waals surface area contributed by atoms with E-state index in [0.29, 0.717) is 32.7 Å². The van der Waals surface area contributed by atoms with Crippen molar-refractivity contribution in [1.29, 1.82) is 0 Å². The Labute approximate surface area is 123 Å². The summed E-state index contributed by atoms with van der Waals surface area (Å²) < 4.78 is 6.35. The normalized spacial score (nSPS) is 10.4. The Morgan fingerprint density at radius 2 is 2.00 bits per heavy atom. The molecule has 0 amide bonds. The fourth-order valence-electron chi connectivity index (χ4n) is 1.37. The lowest BCUT2D eigenvalue weighted by Gasteiger charge is -2.10. The molecule has 1 aromatic heterocycles. The first-order chi connectivity index (χ1) is 8.60. The van der Waals surface area contributed by atoms with Gasteiger partial charge >= 0.3 is 0 Å². The van der Waals surface area contributed by atoms with Gasteiger partial charge in [-0.1, -0.05) is 29.3 Å². The van der Waals surface area contributed by atoms with Crippen molar-refractivity contribution in [2.24, 2.45) is 5.73 Å². The Bertz CT molecular complexity index is 578. The third kappa shape index (κ3) is 3.14. The molecule has 0 spiro atoms. The zero-order valence-electron chi connectivity index (χ0n) is 9.16. The highest BCUT2D eigenvalue weighted by atomic mass is 79.9. The van der Waals surface area contributed by atoms with Gasteiger partial charge in [0.05, 0.1) is 9.50 Å². The Kier molecular flexibility index (Phi) is 4.45. The predicted octanol–water partition coefficient (Wildman–Crippen LogP) is 4.40. The van der Waals surface area contributed by atoms with Crippen molar-refractivity contribution in [3.8, 4) is 11.6 Å². The van der Waals surface area contributed by atoms with E-state index in [1.807, 2.05) is 6.07 Å². The van der Waals surface area contributed by atoms with Crippen LogP contribution in [0, 0.1) is 0 Å². The van der Waals surface area contributed by atoms with Crippen molar-refractivity contribution < 1.29 is 4.74 Å². The second kappa shape index (κ2) is 5.89. The van der Waals surface area contributed by atoms with Gasteiger partial charge < -0.3 is 10.5 Å². The van der Waals surface area contributed by atoms with Gasteiger partial charge in [-0.3, -0.25) is 0 Å². The quantitative estimate of drug-likeness (QED) is 0.894. The molecule has 94 valence electrons. The summed E-state index contributed by atoms with van der Waals surface area (Å²) in [4.78, 5) is 4.09. The SMILES string of the molecule is NCc1ccc(Cl)cc1Oc1ncc(Cl)cc1Br. The van der Waals surface area contributed by atoms with Crippen molar-refractivity contribution in [1.82, 2.24) is 4.98 Å². The number of aromatic nitrogens is 1. The van der Waals surface area contributed by atoms with Gasteiger partial charge in [0.25, 0.3) is 0 Å². The Hall–Kier alpha value is -0.810. The summed E-state index contributed by atoms with van der Waals surface area (Å²) in [5, 5.41) is 1.10. The van der Waals surface area contributed by atoms with Crippen LogP contribution in [-0.2, 0) is 6.54 Å². The number of pyridine rings is 1. The zero-order valence-corrected chi connectivity index (χ0v) is 12.3. The van der Waals surface area contributed by atoms with Crippen LogP contribution in [0.4, 0.5) is 0 Å². The summed E-state index contributed by atoms with van der Waals surface area (Å²) in [6.45, 7) is 0.359. The van der Waals surface area contributed by atoms with Crippen LogP contribution in [-0.4, -0.2) is 4.98 Å². The van der Waals surface area contributed by atoms with E-state index < -0.39 is 0 Å². The van der Waals surface area contributed by atoms with Crippen molar-refractivity contribution in [3.63, 3.8) is 0 Å². The molecule has 0 atom stereocenters. The van der Waals surface area contributed by atoms with Crippen LogP contribution in [0.1, 0.15) is 5.56 Å². The molecule has 0 unspecified atom stereocenters. The number of nitrogens with zero attached hydrogens (tertiary/aromatic N) is 1. The highest BCUT2D eigenvalue weighted by Crippen LogP contribution is 2.32. The van der Waals surface area contributed by atoms with E-state index in [-0.39, 0.29) is 0 Å². The third-order valence-electron chi connectivity index (χ3n) is 2.23. The second-order valence-corrected chi connectivity index (χ2v) is 5.23. The number of nitrogens with two attached hydrogens (primary N) is 1. The first-order valence-electron chi connectivity index (χ1n) is 5.07. The molecule has 2 N–H and O–H groups in total. The molecule has 3 nitrogen and oxygen atoms in total. The van der Waals surface area contributed by atoms with Crippen LogP contribution in [0.5, 0.6) is 11.6 Å². The Morgan fingerprint density at radius 3 is 2.67 bits per heavy atom. The number of ether oxygens (including phenoxy) is 1. The zero-order chi connectivity index (χ0) is 13.1. The maximum atomic E-state index is 5.93. The molecule has 0 aliphatic carbocycles. The molecule has 0 saturated carbocycles. The van der Waals surface area contributed by atoms with E-state index in [1.54, 1.807) is 18.2 Å². The number of benzene rings is 1. The first kappa shape index (κ1) is 13.6. The lowest BCUT2D eigenvalue weighted by Crippen LogP contribution is -2.00. The molecule has 1 heterocycles. The lowest BCUT2D eigenvalue weighted by atomic mass is 10.2. The van der Waals surface area contributed by atoms with Gasteiger partial charge in [-0.2, -0.15) is 0 Å². The van der Waals surface area contributed by atoms with Crippen molar-refractivity contribution in [2.75, 3.05) is 0 Å². The molecule has 2 rings (SSSR count). The maximum absolute atomic E-state index is 5.93. The lowest BCUT2D eigenvalue weighted by molar-refractivity contribution is 0.454. The standard InChI is InChI=1S/C12H9BrCl2N2O/c13-10-3-9(15)6-17-12(10)18-11-4-8(14)2-1-7(11)5-16/h1-4,6H,5,16H2. The molecule has 2 aromatic rings. The Balaban J connectivity index is 2.36. The number of halogens is 3. The van der Waals surface area contributed by atoms with Crippen LogP contribution in [0.15, 0.2) is 34.9 Å². The summed E-state index contributed by atoms with van der Waals surface area (Å²) in [5.41, 5.74) is 6.49. The molecule has 0 bridgehead atoms.